The minimum atomic E-state index is 0.250. The number of fused-ring (bicyclic) bond motifs is 1. The number of benzene rings is 1. The molecule has 0 spiro atoms. The zero-order valence-electron chi connectivity index (χ0n) is 8.62. The Kier molecular flexibility index (Phi) is 4.32. The summed E-state index contributed by atoms with van der Waals surface area (Å²) in [7, 11) is 0. The molecule has 0 aliphatic carbocycles. The van der Waals surface area contributed by atoms with Crippen molar-refractivity contribution in [1.82, 2.24) is 4.98 Å². The first-order valence-corrected chi connectivity index (χ1v) is 4.87. The van der Waals surface area contributed by atoms with Crippen molar-refractivity contribution >= 4 is 17.1 Å². The van der Waals surface area contributed by atoms with Crippen molar-refractivity contribution in [1.29, 1.82) is 0 Å². The third-order valence-corrected chi connectivity index (χ3v) is 2.19. The molecule has 0 atom stereocenters. The van der Waals surface area contributed by atoms with Crippen molar-refractivity contribution in [2.24, 2.45) is 0 Å². The van der Waals surface area contributed by atoms with Gasteiger partial charge in [0.05, 0.1) is 0 Å². The van der Waals surface area contributed by atoms with Crippen molar-refractivity contribution in [3.63, 3.8) is 0 Å². The van der Waals surface area contributed by atoms with Crippen LogP contribution in [0.3, 0.4) is 0 Å². The van der Waals surface area contributed by atoms with E-state index in [1.165, 1.54) is 29.3 Å². The molecule has 78 valence electrons. The summed E-state index contributed by atoms with van der Waals surface area (Å²) >= 11 is 0. The maximum absolute atomic E-state index is 8.12. The van der Waals surface area contributed by atoms with Crippen molar-refractivity contribution in [2.75, 3.05) is 0 Å². The first kappa shape index (κ1) is 11.2. The molecule has 0 bridgehead atoms. The molecule has 0 amide bonds. The van der Waals surface area contributed by atoms with Crippen LogP contribution in [0, 0.1) is 0 Å². The van der Waals surface area contributed by atoms with Gasteiger partial charge < -0.3 is 4.98 Å². The normalized spacial score (nSPS) is 9.13. The van der Waals surface area contributed by atoms with Crippen molar-refractivity contribution < 1.29 is 9.59 Å². The molecule has 2 rings (SSSR count). The number of carbonyl (C=O) groups excluding carboxylic acids is 2. The standard InChI is InChI=1S/C11H13N.CO2/c1-2-5-9-8-12-11-7-4-3-6-10(9)11;2-1-3/h3-4,6-8,12H,2,5H2,1H3;. The fraction of sp³-hybridized carbons (Fsp3) is 0.250. The molecule has 3 nitrogen and oxygen atoms in total. The van der Waals surface area contributed by atoms with Crippen LogP contribution in [0.5, 0.6) is 0 Å². The number of nitrogens with one attached hydrogen (secondary N) is 1. The van der Waals surface area contributed by atoms with Crippen LogP contribution in [-0.2, 0) is 16.0 Å². The number of hydrogen-bond donors (Lipinski definition) is 1. The van der Waals surface area contributed by atoms with Crippen LogP contribution in [0.15, 0.2) is 30.5 Å². The van der Waals surface area contributed by atoms with Gasteiger partial charge in [-0.2, -0.15) is 9.59 Å². The topological polar surface area (TPSA) is 49.9 Å². The first-order chi connectivity index (χ1) is 7.33. The fourth-order valence-electron chi connectivity index (χ4n) is 1.61. The number of hydrogen-bond acceptors (Lipinski definition) is 2. The van der Waals surface area contributed by atoms with Crippen molar-refractivity contribution in [3.8, 4) is 0 Å². The van der Waals surface area contributed by atoms with Crippen molar-refractivity contribution in [2.45, 2.75) is 19.8 Å². The van der Waals surface area contributed by atoms with E-state index in [0.717, 1.165) is 0 Å². The summed E-state index contributed by atoms with van der Waals surface area (Å²) in [6, 6.07) is 8.45. The summed E-state index contributed by atoms with van der Waals surface area (Å²) in [5.74, 6) is 0. The molecule has 1 N–H and O–H groups in total. The molecule has 0 aliphatic rings. The van der Waals surface area contributed by atoms with Crippen LogP contribution >= 0.6 is 0 Å². The molecule has 0 fully saturated rings. The first-order valence-electron chi connectivity index (χ1n) is 4.87. The van der Waals surface area contributed by atoms with Gasteiger partial charge in [0.2, 0.25) is 0 Å². The SMILES string of the molecule is CCCc1c[nH]c2ccccc12.O=C=O. The smallest absolute Gasteiger partial charge is 0.361 e. The fourth-order valence-corrected chi connectivity index (χ4v) is 1.61. The van der Waals surface area contributed by atoms with Crippen LogP contribution in [0.2, 0.25) is 0 Å². The van der Waals surface area contributed by atoms with Gasteiger partial charge in [-0.05, 0) is 18.1 Å². The quantitative estimate of drug-likeness (QED) is 0.815. The Labute approximate surface area is 88.1 Å². The molecule has 1 aromatic heterocycles. The molecule has 2 aromatic rings. The van der Waals surface area contributed by atoms with Crippen LogP contribution in [0.1, 0.15) is 18.9 Å². The molecule has 0 aliphatic heterocycles. The number of aryl methyl sites for hydroxylation is 1. The van der Waals surface area contributed by atoms with Gasteiger partial charge in [0.25, 0.3) is 0 Å². The van der Waals surface area contributed by atoms with E-state index in [0.29, 0.717) is 0 Å². The molecule has 0 saturated carbocycles. The molecule has 0 unspecified atom stereocenters. The molecule has 0 radical (unpaired) electrons. The maximum Gasteiger partial charge on any atom is 0.373 e. The van der Waals surface area contributed by atoms with Crippen LogP contribution in [0.4, 0.5) is 0 Å². The average molecular weight is 203 g/mol. The highest BCUT2D eigenvalue weighted by atomic mass is 16.2. The van der Waals surface area contributed by atoms with Gasteiger partial charge in [0.1, 0.15) is 0 Å². The number of aromatic amines is 1. The Balaban J connectivity index is 0.000000337. The second-order valence-corrected chi connectivity index (χ2v) is 3.19. The third-order valence-electron chi connectivity index (χ3n) is 2.19. The highest BCUT2D eigenvalue weighted by Gasteiger charge is 1.99. The molecular formula is C12H13NO2. The third kappa shape index (κ3) is 2.79. The van der Waals surface area contributed by atoms with E-state index in [-0.39, 0.29) is 6.15 Å². The highest BCUT2D eigenvalue weighted by molar-refractivity contribution is 5.82. The number of H-pyrrole nitrogens is 1. The molecule has 3 heteroatoms. The van der Waals surface area contributed by atoms with E-state index in [1.807, 2.05) is 0 Å². The monoisotopic (exact) mass is 203 g/mol. The van der Waals surface area contributed by atoms with Gasteiger partial charge in [-0.15, -0.1) is 0 Å². The van der Waals surface area contributed by atoms with Crippen LogP contribution in [-0.4, -0.2) is 11.1 Å². The Hall–Kier alpha value is -1.86. The summed E-state index contributed by atoms with van der Waals surface area (Å²) < 4.78 is 0. The van der Waals surface area contributed by atoms with Gasteiger partial charge in [0, 0.05) is 17.1 Å². The van der Waals surface area contributed by atoms with E-state index in [9.17, 15) is 0 Å². The Morgan fingerprint density at radius 3 is 2.60 bits per heavy atom. The Bertz CT molecular complexity index is 453. The molecule has 1 aromatic carbocycles. The van der Waals surface area contributed by atoms with E-state index in [1.54, 1.807) is 0 Å². The van der Waals surface area contributed by atoms with E-state index in [2.05, 4.69) is 42.4 Å². The molecule has 1 heterocycles. The van der Waals surface area contributed by atoms with Gasteiger partial charge in [0.15, 0.2) is 0 Å². The maximum atomic E-state index is 8.12. The second kappa shape index (κ2) is 5.78. The van der Waals surface area contributed by atoms with Gasteiger partial charge in [-0.1, -0.05) is 31.5 Å². The second-order valence-electron chi connectivity index (χ2n) is 3.19. The Morgan fingerprint density at radius 2 is 1.93 bits per heavy atom. The lowest BCUT2D eigenvalue weighted by atomic mass is 10.1. The van der Waals surface area contributed by atoms with Crippen LogP contribution < -0.4 is 0 Å². The zero-order chi connectivity index (χ0) is 11.1. The lowest BCUT2D eigenvalue weighted by Gasteiger charge is -1.93. The summed E-state index contributed by atoms with van der Waals surface area (Å²) in [6.07, 6.45) is 4.75. The Morgan fingerprint density at radius 1 is 1.27 bits per heavy atom. The zero-order valence-corrected chi connectivity index (χ0v) is 8.62. The number of rotatable bonds is 2. The largest absolute Gasteiger partial charge is 0.373 e. The molecular weight excluding hydrogens is 190 g/mol. The van der Waals surface area contributed by atoms with E-state index < -0.39 is 0 Å². The minimum absolute atomic E-state index is 0.250. The number of aromatic nitrogens is 1. The molecule has 0 saturated heterocycles. The summed E-state index contributed by atoms with van der Waals surface area (Å²) in [6.45, 7) is 2.21. The van der Waals surface area contributed by atoms with E-state index >= 15 is 0 Å². The minimum Gasteiger partial charge on any atom is -0.361 e. The predicted octanol–water partition coefficient (Wildman–Crippen LogP) is 2.54. The predicted molar refractivity (Wildman–Crippen MR) is 57.3 cm³/mol. The summed E-state index contributed by atoms with van der Waals surface area (Å²) in [5.41, 5.74) is 2.69. The van der Waals surface area contributed by atoms with Crippen molar-refractivity contribution in [3.05, 3.63) is 36.0 Å². The van der Waals surface area contributed by atoms with Crippen LogP contribution in [0.25, 0.3) is 10.9 Å². The highest BCUT2D eigenvalue weighted by Crippen LogP contribution is 2.18. The average Bonchev–Trinajstić information content (AvgIpc) is 2.64. The lowest BCUT2D eigenvalue weighted by molar-refractivity contribution is -0.191. The summed E-state index contributed by atoms with van der Waals surface area (Å²) in [5, 5.41) is 1.37. The number of para-hydroxylation sites is 1. The van der Waals surface area contributed by atoms with E-state index in [4.69, 9.17) is 9.59 Å². The van der Waals surface area contributed by atoms with Gasteiger partial charge in [-0.3, -0.25) is 0 Å². The van der Waals surface area contributed by atoms with Gasteiger partial charge in [-0.25, -0.2) is 0 Å². The van der Waals surface area contributed by atoms with Gasteiger partial charge >= 0.3 is 6.15 Å². The summed E-state index contributed by atoms with van der Waals surface area (Å²) in [4.78, 5) is 19.5. The lowest BCUT2D eigenvalue weighted by Crippen LogP contribution is -1.77. The molecule has 15 heavy (non-hydrogen) atoms.